The van der Waals surface area contributed by atoms with Crippen LogP contribution in [0.5, 0.6) is 0 Å². The highest BCUT2D eigenvalue weighted by molar-refractivity contribution is 7.99. The second-order valence-electron chi connectivity index (χ2n) is 5.04. The molecule has 3 aromatic rings. The van der Waals surface area contributed by atoms with Gasteiger partial charge in [0, 0.05) is 22.8 Å². The minimum absolute atomic E-state index is 0.0937. The molecule has 0 fully saturated rings. The van der Waals surface area contributed by atoms with Crippen molar-refractivity contribution in [2.24, 2.45) is 0 Å². The summed E-state index contributed by atoms with van der Waals surface area (Å²) in [4.78, 5) is 21.8. The fourth-order valence-electron chi connectivity index (χ4n) is 2.02. The van der Waals surface area contributed by atoms with Gasteiger partial charge in [0.05, 0.1) is 17.2 Å². The largest absolute Gasteiger partial charge is 0.340 e. The van der Waals surface area contributed by atoms with Crippen molar-refractivity contribution in [1.82, 2.24) is 15.1 Å². The van der Waals surface area contributed by atoms with Gasteiger partial charge in [0.25, 0.3) is 0 Å². The number of nitrogens with zero attached hydrogens (tertiary/aromatic N) is 3. The normalized spacial score (nSPS) is 10.8. The third kappa shape index (κ3) is 5.07. The smallest absolute Gasteiger partial charge is 0.236 e. The van der Waals surface area contributed by atoms with Gasteiger partial charge in [-0.15, -0.1) is 34.9 Å². The van der Waals surface area contributed by atoms with Crippen molar-refractivity contribution in [3.63, 3.8) is 0 Å². The number of thioether (sulfide) groups is 2. The lowest BCUT2D eigenvalue weighted by Gasteiger charge is -2.01. The Morgan fingerprint density at radius 2 is 2.08 bits per heavy atom. The Morgan fingerprint density at radius 1 is 1.28 bits per heavy atom. The van der Waals surface area contributed by atoms with E-state index in [1.54, 1.807) is 18.7 Å². The molecule has 0 aliphatic heterocycles. The van der Waals surface area contributed by atoms with Crippen LogP contribution in [0.15, 0.2) is 39.1 Å². The van der Waals surface area contributed by atoms with Gasteiger partial charge in [0.1, 0.15) is 0 Å². The number of rotatable bonds is 7. The van der Waals surface area contributed by atoms with E-state index >= 15 is 0 Å². The van der Waals surface area contributed by atoms with Gasteiger partial charge in [-0.05, 0) is 18.4 Å². The molecule has 2 aromatic heterocycles. The molecule has 0 radical (unpaired) electrons. The van der Waals surface area contributed by atoms with E-state index in [2.05, 4.69) is 32.6 Å². The van der Waals surface area contributed by atoms with Gasteiger partial charge in [-0.3, -0.25) is 4.79 Å². The monoisotopic (exact) mass is 392 g/mol. The maximum Gasteiger partial charge on any atom is 0.236 e. The van der Waals surface area contributed by atoms with E-state index in [4.69, 9.17) is 4.52 Å². The van der Waals surface area contributed by atoms with Crippen LogP contribution in [0.1, 0.15) is 11.7 Å². The molecule has 1 N–H and O–H groups in total. The topological polar surface area (TPSA) is 80.9 Å². The molecule has 0 bridgehead atoms. The van der Waals surface area contributed by atoms with Crippen molar-refractivity contribution in [1.29, 1.82) is 0 Å². The molecule has 0 aliphatic rings. The predicted octanol–water partition coefficient (Wildman–Crippen LogP) is 4.10. The van der Waals surface area contributed by atoms with Crippen LogP contribution in [0.2, 0.25) is 0 Å². The van der Waals surface area contributed by atoms with Crippen LogP contribution in [-0.2, 0) is 10.5 Å². The fourth-order valence-corrected chi connectivity index (χ4v) is 3.82. The second kappa shape index (κ2) is 8.50. The summed E-state index contributed by atoms with van der Waals surface area (Å²) in [6, 6.07) is 8.20. The number of aromatic nitrogens is 3. The van der Waals surface area contributed by atoms with Crippen LogP contribution < -0.4 is 5.32 Å². The highest BCUT2D eigenvalue weighted by Crippen LogP contribution is 2.26. The molecule has 1 aromatic carbocycles. The van der Waals surface area contributed by atoms with Gasteiger partial charge >= 0.3 is 0 Å². The lowest BCUT2D eigenvalue weighted by molar-refractivity contribution is -0.113. The average molecular weight is 393 g/mol. The van der Waals surface area contributed by atoms with Crippen molar-refractivity contribution >= 4 is 45.9 Å². The Kier molecular flexibility index (Phi) is 6.11. The van der Waals surface area contributed by atoms with Crippen LogP contribution in [0.25, 0.3) is 11.3 Å². The van der Waals surface area contributed by atoms with Crippen LogP contribution in [0.4, 0.5) is 5.13 Å². The van der Waals surface area contributed by atoms with E-state index in [0.29, 0.717) is 28.4 Å². The molecule has 1 amide bonds. The van der Waals surface area contributed by atoms with Gasteiger partial charge in [-0.1, -0.05) is 17.3 Å². The first-order chi connectivity index (χ1) is 12.1. The number of aryl methyl sites for hydroxylation is 1. The molecule has 0 saturated heterocycles. The first-order valence-electron chi connectivity index (χ1n) is 7.41. The first-order valence-corrected chi connectivity index (χ1v) is 10.7. The van der Waals surface area contributed by atoms with E-state index in [-0.39, 0.29) is 5.91 Å². The lowest BCUT2D eigenvalue weighted by Crippen LogP contribution is -2.14. The van der Waals surface area contributed by atoms with Gasteiger partial charge in [0.15, 0.2) is 11.0 Å². The van der Waals surface area contributed by atoms with Crippen LogP contribution >= 0.6 is 34.9 Å². The molecule has 0 saturated carbocycles. The number of hydrogen-bond acceptors (Lipinski definition) is 8. The summed E-state index contributed by atoms with van der Waals surface area (Å²) in [5.41, 5.74) is 1.90. The van der Waals surface area contributed by atoms with E-state index in [1.807, 2.05) is 23.8 Å². The highest BCUT2D eigenvalue weighted by Gasteiger charge is 2.09. The second-order valence-corrected chi connectivity index (χ2v) is 7.76. The summed E-state index contributed by atoms with van der Waals surface area (Å²) < 4.78 is 4.89. The first kappa shape index (κ1) is 18.0. The van der Waals surface area contributed by atoms with Crippen molar-refractivity contribution in [2.75, 3.05) is 17.3 Å². The van der Waals surface area contributed by atoms with Crippen LogP contribution in [0, 0.1) is 6.92 Å². The zero-order chi connectivity index (χ0) is 17.6. The van der Waals surface area contributed by atoms with Crippen molar-refractivity contribution in [3.05, 3.63) is 41.4 Å². The molecule has 3 rings (SSSR count). The van der Waals surface area contributed by atoms with E-state index < -0.39 is 0 Å². The maximum absolute atomic E-state index is 12.0. The maximum atomic E-state index is 12.0. The van der Waals surface area contributed by atoms with E-state index in [1.165, 1.54) is 28.0 Å². The van der Waals surface area contributed by atoms with Crippen molar-refractivity contribution < 1.29 is 9.32 Å². The number of hydrogen-bond donors (Lipinski definition) is 1. The van der Waals surface area contributed by atoms with Crippen molar-refractivity contribution in [3.8, 4) is 11.3 Å². The number of carbonyl (C=O) groups is 1. The van der Waals surface area contributed by atoms with E-state index in [0.717, 1.165) is 11.3 Å². The molecule has 9 heteroatoms. The molecular weight excluding hydrogens is 376 g/mol. The zero-order valence-electron chi connectivity index (χ0n) is 13.7. The number of thiazole rings is 1. The fraction of sp³-hybridized carbons (Fsp3) is 0.250. The predicted molar refractivity (Wildman–Crippen MR) is 103 cm³/mol. The van der Waals surface area contributed by atoms with Gasteiger partial charge in [0.2, 0.25) is 11.8 Å². The minimum Gasteiger partial charge on any atom is -0.340 e. The Labute approximate surface area is 157 Å². The molecule has 0 spiro atoms. The molecular formula is C16H16N4O2S3. The van der Waals surface area contributed by atoms with Gasteiger partial charge < -0.3 is 9.84 Å². The highest BCUT2D eigenvalue weighted by atomic mass is 32.2. The SMILES string of the molecule is CSc1ccc(-c2csc(NC(=O)CSCc3noc(C)n3)n2)cc1. The molecule has 6 nitrogen and oxygen atoms in total. The number of amides is 1. The molecule has 2 heterocycles. The van der Waals surface area contributed by atoms with Crippen molar-refractivity contribution in [2.45, 2.75) is 17.6 Å². The molecule has 25 heavy (non-hydrogen) atoms. The molecule has 0 atom stereocenters. The third-order valence-electron chi connectivity index (χ3n) is 3.17. The average Bonchev–Trinajstić information content (AvgIpc) is 3.24. The number of anilines is 1. The van der Waals surface area contributed by atoms with Crippen LogP contribution in [0.3, 0.4) is 0 Å². The number of carbonyl (C=O) groups excluding carboxylic acids is 1. The summed E-state index contributed by atoms with van der Waals surface area (Å²) in [6.45, 7) is 1.74. The zero-order valence-corrected chi connectivity index (χ0v) is 16.1. The van der Waals surface area contributed by atoms with Gasteiger partial charge in [-0.25, -0.2) is 4.98 Å². The van der Waals surface area contributed by atoms with Crippen LogP contribution in [-0.4, -0.2) is 33.0 Å². The minimum atomic E-state index is -0.0937. The van der Waals surface area contributed by atoms with Gasteiger partial charge in [-0.2, -0.15) is 4.98 Å². The molecule has 0 unspecified atom stereocenters. The van der Waals surface area contributed by atoms with E-state index in [9.17, 15) is 4.79 Å². The Bertz CT molecular complexity index is 845. The summed E-state index contributed by atoms with van der Waals surface area (Å²) in [5.74, 6) is 1.88. The summed E-state index contributed by atoms with van der Waals surface area (Å²) in [7, 11) is 0. The quantitative estimate of drug-likeness (QED) is 0.606. The Balaban J connectivity index is 1.50. The number of benzene rings is 1. The molecule has 130 valence electrons. The Morgan fingerprint density at radius 3 is 2.76 bits per heavy atom. The third-order valence-corrected chi connectivity index (χ3v) is 5.60. The number of nitrogens with one attached hydrogen (secondary N) is 1. The standard InChI is InChI=1S/C16H16N4O2S3/c1-10-17-14(20-22-10)8-24-9-15(21)19-16-18-13(7-25-16)11-3-5-12(23-2)6-4-11/h3-7H,8-9H2,1-2H3,(H,18,19,21). The Hall–Kier alpha value is -1.84. The summed E-state index contributed by atoms with van der Waals surface area (Å²) in [5, 5.41) is 9.17. The lowest BCUT2D eigenvalue weighted by atomic mass is 10.2. The molecule has 0 aliphatic carbocycles. The summed E-state index contributed by atoms with van der Waals surface area (Å²) >= 11 is 4.55. The summed E-state index contributed by atoms with van der Waals surface area (Å²) in [6.07, 6.45) is 2.04.